The van der Waals surface area contributed by atoms with Crippen LogP contribution < -0.4 is 0 Å². The normalized spacial score (nSPS) is 25.4. The van der Waals surface area contributed by atoms with Crippen molar-refractivity contribution in [1.29, 1.82) is 0 Å². The molecule has 1 spiro atoms. The van der Waals surface area contributed by atoms with Crippen LogP contribution in [0.4, 0.5) is 0 Å². The van der Waals surface area contributed by atoms with Gasteiger partial charge in [-0.05, 0) is 32.1 Å². The van der Waals surface area contributed by atoms with Gasteiger partial charge in [-0.1, -0.05) is 35.5 Å². The summed E-state index contributed by atoms with van der Waals surface area (Å²) in [6.45, 7) is 2.26. The van der Waals surface area contributed by atoms with Gasteiger partial charge in [-0.2, -0.15) is 0 Å². The molecule has 6 heteroatoms. The molecule has 3 fully saturated rings. The van der Waals surface area contributed by atoms with Crippen LogP contribution in [-0.2, 0) is 4.79 Å². The van der Waals surface area contributed by atoms with Crippen LogP contribution in [0, 0.1) is 5.41 Å². The molecular weight excluding hydrogens is 354 g/mol. The van der Waals surface area contributed by atoms with E-state index in [1.54, 1.807) is 0 Å². The van der Waals surface area contributed by atoms with Gasteiger partial charge in [0.15, 0.2) is 0 Å². The smallest absolute Gasteiger partial charge is 0.259 e. The van der Waals surface area contributed by atoms with Crippen molar-refractivity contribution >= 4 is 11.8 Å². The second kappa shape index (κ2) is 6.76. The van der Waals surface area contributed by atoms with E-state index < -0.39 is 0 Å². The predicted octanol–water partition coefficient (Wildman–Crippen LogP) is 3.35. The quantitative estimate of drug-likeness (QED) is 0.820. The van der Waals surface area contributed by atoms with Gasteiger partial charge in [0.1, 0.15) is 17.5 Å². The van der Waals surface area contributed by atoms with Gasteiger partial charge in [-0.15, -0.1) is 0 Å². The highest BCUT2D eigenvalue weighted by atomic mass is 16.5. The maximum absolute atomic E-state index is 13.3. The Morgan fingerprint density at radius 1 is 1.14 bits per heavy atom. The topological polar surface area (TPSA) is 66.7 Å². The Labute approximate surface area is 164 Å². The summed E-state index contributed by atoms with van der Waals surface area (Å²) in [5.41, 5.74) is 2.04. The molecular formula is C22H25N3O3. The summed E-state index contributed by atoms with van der Waals surface area (Å²) in [5.74, 6) is 0.274. The summed E-state index contributed by atoms with van der Waals surface area (Å²) in [6, 6.07) is 10.1. The highest BCUT2D eigenvalue weighted by molar-refractivity contribution is 5.99. The third-order valence-electron chi connectivity index (χ3n) is 6.48. The average molecular weight is 379 g/mol. The molecule has 0 N–H and O–H groups in total. The van der Waals surface area contributed by atoms with Gasteiger partial charge in [0.25, 0.3) is 5.91 Å². The van der Waals surface area contributed by atoms with Crippen LogP contribution in [0.1, 0.15) is 48.9 Å². The minimum Gasteiger partial charge on any atom is -0.363 e. The first-order valence-electron chi connectivity index (χ1n) is 10.2. The number of likely N-dealkylation sites (tertiary alicyclic amines) is 2. The Morgan fingerprint density at radius 3 is 2.75 bits per heavy atom. The largest absolute Gasteiger partial charge is 0.363 e. The number of nitrogens with zero attached hydrogens (tertiary/aromatic N) is 3. The SMILES string of the molecule is O=C(c1conc1-c1ccccc1)N1CCCC2(CCC(=O)N(C3CC3)C2)C1. The van der Waals surface area contributed by atoms with Crippen LogP contribution in [0.3, 0.4) is 0 Å². The van der Waals surface area contributed by atoms with Crippen molar-refractivity contribution in [1.82, 2.24) is 15.0 Å². The Morgan fingerprint density at radius 2 is 1.96 bits per heavy atom. The molecule has 1 atom stereocenters. The molecule has 0 radical (unpaired) electrons. The van der Waals surface area contributed by atoms with Crippen molar-refractivity contribution in [3.63, 3.8) is 0 Å². The summed E-state index contributed by atoms with van der Waals surface area (Å²) in [6.07, 6.45) is 7.28. The lowest BCUT2D eigenvalue weighted by molar-refractivity contribution is -0.139. The molecule has 1 unspecified atom stereocenters. The fraction of sp³-hybridized carbons (Fsp3) is 0.500. The van der Waals surface area contributed by atoms with Crippen LogP contribution in [0.2, 0.25) is 0 Å². The maximum Gasteiger partial charge on any atom is 0.259 e. The van der Waals surface area contributed by atoms with E-state index in [4.69, 9.17) is 4.52 Å². The molecule has 28 heavy (non-hydrogen) atoms. The van der Waals surface area contributed by atoms with Crippen molar-refractivity contribution in [2.75, 3.05) is 19.6 Å². The molecule has 146 valence electrons. The van der Waals surface area contributed by atoms with E-state index in [1.165, 1.54) is 6.26 Å². The van der Waals surface area contributed by atoms with Crippen molar-refractivity contribution in [2.45, 2.75) is 44.6 Å². The number of aromatic nitrogens is 1. The van der Waals surface area contributed by atoms with E-state index in [1.807, 2.05) is 35.2 Å². The first-order chi connectivity index (χ1) is 13.7. The Hall–Kier alpha value is -2.63. The number of benzene rings is 1. The Balaban J connectivity index is 1.37. The van der Waals surface area contributed by atoms with E-state index in [9.17, 15) is 9.59 Å². The molecule has 3 aliphatic rings. The van der Waals surface area contributed by atoms with Crippen LogP contribution in [0.15, 0.2) is 41.1 Å². The van der Waals surface area contributed by atoms with E-state index >= 15 is 0 Å². The summed E-state index contributed by atoms with van der Waals surface area (Å²) < 4.78 is 5.17. The molecule has 2 saturated heterocycles. The van der Waals surface area contributed by atoms with E-state index in [0.29, 0.717) is 36.2 Å². The zero-order valence-corrected chi connectivity index (χ0v) is 16.0. The van der Waals surface area contributed by atoms with Gasteiger partial charge in [0.2, 0.25) is 5.91 Å². The molecule has 6 nitrogen and oxygen atoms in total. The van der Waals surface area contributed by atoms with Gasteiger partial charge in [0, 0.05) is 43.1 Å². The lowest BCUT2D eigenvalue weighted by Gasteiger charge is -2.48. The molecule has 5 rings (SSSR count). The molecule has 3 heterocycles. The fourth-order valence-corrected chi connectivity index (χ4v) is 4.84. The lowest BCUT2D eigenvalue weighted by Crippen LogP contribution is -2.55. The van der Waals surface area contributed by atoms with Gasteiger partial charge in [-0.25, -0.2) is 0 Å². The maximum atomic E-state index is 13.3. The number of carbonyl (C=O) groups excluding carboxylic acids is 2. The van der Waals surface area contributed by atoms with Crippen LogP contribution in [0.5, 0.6) is 0 Å². The highest BCUT2D eigenvalue weighted by Crippen LogP contribution is 2.42. The molecule has 2 amide bonds. The van der Waals surface area contributed by atoms with Crippen LogP contribution in [-0.4, -0.2) is 52.4 Å². The molecule has 1 aromatic carbocycles. The Kier molecular flexibility index (Phi) is 4.22. The first-order valence-corrected chi connectivity index (χ1v) is 10.2. The number of amides is 2. The molecule has 0 bridgehead atoms. The minimum atomic E-state index is -0.0194. The van der Waals surface area contributed by atoms with Gasteiger partial charge < -0.3 is 14.3 Å². The minimum absolute atomic E-state index is 0.0194. The number of piperidine rings is 2. The molecule has 1 saturated carbocycles. The van der Waals surface area contributed by atoms with Crippen molar-refractivity contribution in [3.05, 3.63) is 42.2 Å². The molecule has 2 aliphatic heterocycles. The monoisotopic (exact) mass is 379 g/mol. The number of rotatable bonds is 3. The van der Waals surface area contributed by atoms with Crippen LogP contribution in [0.25, 0.3) is 11.3 Å². The first kappa shape index (κ1) is 17.5. The van der Waals surface area contributed by atoms with Gasteiger partial charge >= 0.3 is 0 Å². The third kappa shape index (κ3) is 3.11. The van der Waals surface area contributed by atoms with Crippen molar-refractivity contribution < 1.29 is 14.1 Å². The summed E-state index contributed by atoms with van der Waals surface area (Å²) in [5, 5.41) is 4.08. The summed E-state index contributed by atoms with van der Waals surface area (Å²) in [7, 11) is 0. The molecule has 1 aromatic heterocycles. The zero-order valence-electron chi connectivity index (χ0n) is 16.0. The zero-order chi connectivity index (χ0) is 19.1. The summed E-state index contributed by atoms with van der Waals surface area (Å²) >= 11 is 0. The highest BCUT2D eigenvalue weighted by Gasteiger charge is 2.46. The summed E-state index contributed by atoms with van der Waals surface area (Å²) in [4.78, 5) is 29.7. The van der Waals surface area contributed by atoms with E-state index in [2.05, 4.69) is 10.1 Å². The average Bonchev–Trinajstić information content (AvgIpc) is 3.46. The number of hydrogen-bond acceptors (Lipinski definition) is 4. The Bertz CT molecular complexity index is 889. The van der Waals surface area contributed by atoms with Crippen LogP contribution >= 0.6 is 0 Å². The lowest BCUT2D eigenvalue weighted by atomic mass is 9.73. The predicted molar refractivity (Wildman–Crippen MR) is 103 cm³/mol. The number of carbonyl (C=O) groups is 2. The third-order valence-corrected chi connectivity index (χ3v) is 6.48. The standard InChI is InChI=1S/C22H25N3O3/c26-19-9-11-22(15-25(19)17-7-8-17)10-4-12-24(14-22)21(27)18-13-28-23-20(18)16-5-2-1-3-6-16/h1-3,5-6,13,17H,4,7-12,14-15H2. The second-order valence-corrected chi connectivity index (χ2v) is 8.53. The fourth-order valence-electron chi connectivity index (χ4n) is 4.84. The van der Waals surface area contributed by atoms with Gasteiger partial charge in [0.05, 0.1) is 0 Å². The molecule has 2 aromatic rings. The van der Waals surface area contributed by atoms with Gasteiger partial charge in [-0.3, -0.25) is 9.59 Å². The van der Waals surface area contributed by atoms with Crippen molar-refractivity contribution in [2.24, 2.45) is 5.41 Å². The molecule has 1 aliphatic carbocycles. The van der Waals surface area contributed by atoms with E-state index in [-0.39, 0.29) is 11.3 Å². The second-order valence-electron chi connectivity index (χ2n) is 8.53. The van der Waals surface area contributed by atoms with E-state index in [0.717, 1.165) is 50.8 Å². The number of hydrogen-bond donors (Lipinski definition) is 0. The van der Waals surface area contributed by atoms with Crippen molar-refractivity contribution in [3.8, 4) is 11.3 Å².